The third-order valence-corrected chi connectivity index (χ3v) is 5.55. The van der Waals surface area contributed by atoms with Crippen molar-refractivity contribution in [3.63, 3.8) is 0 Å². The van der Waals surface area contributed by atoms with Crippen molar-refractivity contribution < 1.29 is 5.11 Å². The number of aromatic hydroxyl groups is 1. The predicted molar refractivity (Wildman–Crippen MR) is 106 cm³/mol. The highest BCUT2D eigenvalue weighted by Gasteiger charge is 2.23. The van der Waals surface area contributed by atoms with Crippen molar-refractivity contribution in [1.29, 1.82) is 0 Å². The molecule has 0 saturated heterocycles. The van der Waals surface area contributed by atoms with Crippen LogP contribution in [0.2, 0.25) is 10.0 Å². The Balaban J connectivity index is 1.57. The van der Waals surface area contributed by atoms with Gasteiger partial charge in [0.15, 0.2) is 5.82 Å². The van der Waals surface area contributed by atoms with Gasteiger partial charge in [0.2, 0.25) is 0 Å². The number of rotatable bonds is 3. The molecule has 0 fully saturated rings. The lowest BCUT2D eigenvalue weighted by Gasteiger charge is -2.28. The minimum Gasteiger partial charge on any atom is -0.506 e. The summed E-state index contributed by atoms with van der Waals surface area (Å²) in [5, 5.41) is 10.9. The van der Waals surface area contributed by atoms with E-state index in [1.807, 2.05) is 0 Å². The Hall–Kier alpha value is -1.89. The van der Waals surface area contributed by atoms with Crippen molar-refractivity contribution in [2.45, 2.75) is 38.8 Å². The number of H-pyrrole nitrogens is 1. The molecule has 6 nitrogen and oxygen atoms in total. The van der Waals surface area contributed by atoms with Gasteiger partial charge in [0, 0.05) is 43.2 Å². The third-order valence-electron chi connectivity index (χ3n) is 5.05. The van der Waals surface area contributed by atoms with Crippen molar-refractivity contribution in [3.05, 3.63) is 55.2 Å². The highest BCUT2D eigenvalue weighted by molar-refractivity contribution is 6.35. The molecule has 142 valence electrons. The number of nitrogens with zero attached hydrogens (tertiary/aromatic N) is 3. The first-order chi connectivity index (χ1) is 13.0. The van der Waals surface area contributed by atoms with Crippen LogP contribution in [0.25, 0.3) is 0 Å². The molecule has 2 N–H and O–H groups in total. The molecule has 2 aliphatic heterocycles. The van der Waals surface area contributed by atoms with Crippen LogP contribution >= 0.6 is 23.2 Å². The average molecular weight is 407 g/mol. The molecule has 0 spiro atoms. The number of aromatic nitrogens is 2. The number of hydrogen-bond acceptors (Lipinski definition) is 5. The van der Waals surface area contributed by atoms with Gasteiger partial charge in [0.25, 0.3) is 5.56 Å². The molecule has 3 heterocycles. The van der Waals surface area contributed by atoms with E-state index >= 15 is 0 Å². The van der Waals surface area contributed by atoms with Gasteiger partial charge in [0.1, 0.15) is 5.75 Å². The highest BCUT2D eigenvalue weighted by atomic mass is 35.5. The molecule has 0 unspecified atom stereocenters. The zero-order chi connectivity index (χ0) is 19.0. The predicted octanol–water partition coefficient (Wildman–Crippen LogP) is 3.31. The Bertz CT molecular complexity index is 971. The molecule has 27 heavy (non-hydrogen) atoms. The number of aromatic amines is 1. The van der Waals surface area contributed by atoms with Gasteiger partial charge >= 0.3 is 0 Å². The topological polar surface area (TPSA) is 81.6 Å². The van der Waals surface area contributed by atoms with Crippen LogP contribution in [0.15, 0.2) is 21.9 Å². The van der Waals surface area contributed by atoms with Crippen molar-refractivity contribution in [2.75, 3.05) is 13.1 Å². The van der Waals surface area contributed by atoms with Crippen LogP contribution < -0.4 is 5.56 Å². The van der Waals surface area contributed by atoms with Gasteiger partial charge in [-0.1, -0.05) is 23.2 Å². The standard InChI is InChI=1S/C19H20Cl2N4O2/c20-12-7-11(17(26)14(21)8-12)9-25-6-4-15-13(10-25)19(27)24-18(23-15)16-3-1-2-5-22-16/h7-8,26H,1-6,9-10H2,(H,23,24,27). The molecule has 0 amide bonds. The van der Waals surface area contributed by atoms with Crippen molar-refractivity contribution in [3.8, 4) is 5.75 Å². The minimum absolute atomic E-state index is 0.0320. The quantitative estimate of drug-likeness (QED) is 0.818. The average Bonchev–Trinajstić information content (AvgIpc) is 2.67. The van der Waals surface area contributed by atoms with Gasteiger partial charge in [-0.25, -0.2) is 4.98 Å². The second-order valence-corrected chi connectivity index (χ2v) is 7.82. The minimum atomic E-state index is -0.110. The molecule has 0 aliphatic carbocycles. The van der Waals surface area contributed by atoms with Crippen molar-refractivity contribution >= 4 is 28.9 Å². The number of halogens is 2. The summed E-state index contributed by atoms with van der Waals surface area (Å²) in [5.41, 5.74) is 2.96. The molecule has 0 saturated carbocycles. The molecule has 0 radical (unpaired) electrons. The van der Waals surface area contributed by atoms with E-state index in [4.69, 9.17) is 23.2 Å². The molecule has 1 aromatic heterocycles. The second kappa shape index (κ2) is 7.62. The van der Waals surface area contributed by atoms with Gasteiger partial charge in [-0.2, -0.15) is 0 Å². The molecule has 8 heteroatoms. The molecular weight excluding hydrogens is 387 g/mol. The zero-order valence-corrected chi connectivity index (χ0v) is 16.3. The molecule has 2 aromatic rings. The van der Waals surface area contributed by atoms with E-state index in [9.17, 15) is 9.90 Å². The third kappa shape index (κ3) is 3.88. The van der Waals surface area contributed by atoms with Crippen molar-refractivity contribution in [2.24, 2.45) is 4.99 Å². The summed E-state index contributed by atoms with van der Waals surface area (Å²) in [6.07, 6.45) is 3.71. The van der Waals surface area contributed by atoms with Crippen LogP contribution in [0.3, 0.4) is 0 Å². The van der Waals surface area contributed by atoms with Crippen molar-refractivity contribution in [1.82, 2.24) is 14.9 Å². The van der Waals surface area contributed by atoms with Gasteiger partial charge in [-0.3, -0.25) is 14.7 Å². The van der Waals surface area contributed by atoms with Crippen LogP contribution in [0.5, 0.6) is 5.75 Å². The molecule has 0 atom stereocenters. The van der Waals surface area contributed by atoms with E-state index in [0.717, 1.165) is 43.8 Å². The summed E-state index contributed by atoms with van der Waals surface area (Å²) in [6, 6.07) is 3.21. The lowest BCUT2D eigenvalue weighted by atomic mass is 10.0. The second-order valence-electron chi connectivity index (χ2n) is 6.98. The summed E-state index contributed by atoms with van der Waals surface area (Å²) in [5.74, 6) is 0.649. The number of benzene rings is 1. The number of phenols is 1. The maximum atomic E-state index is 12.6. The fourth-order valence-corrected chi connectivity index (χ4v) is 4.16. The van der Waals surface area contributed by atoms with E-state index in [1.54, 1.807) is 6.07 Å². The highest BCUT2D eigenvalue weighted by Crippen LogP contribution is 2.32. The Labute approximate surface area is 166 Å². The van der Waals surface area contributed by atoms with E-state index in [1.165, 1.54) is 6.07 Å². The largest absolute Gasteiger partial charge is 0.506 e. The lowest BCUT2D eigenvalue weighted by molar-refractivity contribution is 0.238. The normalized spacial score (nSPS) is 17.5. The van der Waals surface area contributed by atoms with E-state index in [-0.39, 0.29) is 16.3 Å². The van der Waals surface area contributed by atoms with Gasteiger partial charge < -0.3 is 10.1 Å². The smallest absolute Gasteiger partial charge is 0.255 e. The molecular formula is C19H20Cl2N4O2. The summed E-state index contributed by atoms with van der Waals surface area (Å²) >= 11 is 12.1. The Morgan fingerprint density at radius 3 is 2.85 bits per heavy atom. The first kappa shape index (κ1) is 18.5. The lowest BCUT2D eigenvalue weighted by Crippen LogP contribution is -2.36. The Kier molecular flexibility index (Phi) is 5.21. The van der Waals surface area contributed by atoms with Gasteiger partial charge in [0.05, 0.1) is 22.0 Å². The number of hydrogen-bond donors (Lipinski definition) is 2. The maximum absolute atomic E-state index is 12.6. The van der Waals surface area contributed by atoms with Crippen LogP contribution in [0, 0.1) is 0 Å². The van der Waals surface area contributed by atoms with E-state index < -0.39 is 0 Å². The SMILES string of the molecule is O=c1[nH]c(C2=NCCCC2)nc2c1CN(Cc1cc(Cl)cc(Cl)c1O)CC2. The maximum Gasteiger partial charge on any atom is 0.255 e. The van der Waals surface area contributed by atoms with Crippen LogP contribution in [-0.4, -0.2) is 38.8 Å². The Morgan fingerprint density at radius 2 is 2.07 bits per heavy atom. The fourth-order valence-electron chi connectivity index (χ4n) is 3.62. The number of nitrogens with one attached hydrogen (secondary N) is 1. The first-order valence-electron chi connectivity index (χ1n) is 9.06. The van der Waals surface area contributed by atoms with Gasteiger partial charge in [-0.15, -0.1) is 0 Å². The number of phenolic OH excluding ortho intramolecular Hbond substituents is 1. The van der Waals surface area contributed by atoms with Crippen LogP contribution in [-0.2, 0) is 19.5 Å². The number of fused-ring (bicyclic) bond motifs is 1. The van der Waals surface area contributed by atoms with Gasteiger partial charge in [-0.05, 0) is 31.4 Å². The summed E-state index contributed by atoms with van der Waals surface area (Å²) < 4.78 is 0. The van der Waals surface area contributed by atoms with Crippen LogP contribution in [0.4, 0.5) is 0 Å². The summed E-state index contributed by atoms with van der Waals surface area (Å²) in [7, 11) is 0. The van der Waals surface area contributed by atoms with E-state index in [2.05, 4.69) is 19.9 Å². The molecule has 1 aromatic carbocycles. The first-order valence-corrected chi connectivity index (χ1v) is 9.82. The monoisotopic (exact) mass is 406 g/mol. The Morgan fingerprint density at radius 1 is 1.22 bits per heavy atom. The summed E-state index contributed by atoms with van der Waals surface area (Å²) in [4.78, 5) is 26.8. The van der Waals surface area contributed by atoms with Crippen LogP contribution in [0.1, 0.15) is 41.9 Å². The number of aliphatic imine (C=N–C) groups is 1. The molecule has 0 bridgehead atoms. The zero-order valence-electron chi connectivity index (χ0n) is 14.8. The molecule has 4 rings (SSSR count). The fraction of sp³-hybridized carbons (Fsp3) is 0.421. The van der Waals surface area contributed by atoms with E-state index in [0.29, 0.717) is 41.5 Å². The summed E-state index contributed by atoms with van der Waals surface area (Å²) in [6.45, 7) is 2.46. The molecule has 2 aliphatic rings.